The van der Waals surface area contributed by atoms with Crippen molar-refractivity contribution in [2.24, 2.45) is 0 Å². The van der Waals surface area contributed by atoms with Gasteiger partial charge in [-0.3, -0.25) is 0 Å². The van der Waals surface area contributed by atoms with Gasteiger partial charge in [0.25, 0.3) is 0 Å². The second-order valence-electron chi connectivity index (χ2n) is 7.52. The van der Waals surface area contributed by atoms with Crippen LogP contribution in [0.2, 0.25) is 0 Å². The monoisotopic (exact) mass is 348 g/mol. The number of allylic oxidation sites excluding steroid dienone is 2. The zero-order valence-electron chi connectivity index (χ0n) is 15.1. The predicted molar refractivity (Wildman–Crippen MR) is 103 cm³/mol. The molecule has 0 saturated heterocycles. The van der Waals surface area contributed by atoms with Gasteiger partial charge in [0, 0.05) is 12.0 Å². The third-order valence-electron chi connectivity index (χ3n) is 5.67. The highest BCUT2D eigenvalue weighted by atomic mass is 16.4. The first kappa shape index (κ1) is 17.0. The summed E-state index contributed by atoms with van der Waals surface area (Å²) >= 11 is 0. The van der Waals surface area contributed by atoms with Gasteiger partial charge in [0.1, 0.15) is 0 Å². The van der Waals surface area contributed by atoms with Gasteiger partial charge in [0.05, 0.1) is 22.4 Å². The number of para-hydroxylation sites is 1. The fourth-order valence-electron chi connectivity index (χ4n) is 3.73. The van der Waals surface area contributed by atoms with E-state index in [4.69, 9.17) is 15.1 Å². The molecule has 0 amide bonds. The van der Waals surface area contributed by atoms with Crippen molar-refractivity contribution in [1.82, 2.24) is 9.97 Å². The van der Waals surface area contributed by atoms with Crippen LogP contribution in [0.5, 0.6) is 0 Å². The van der Waals surface area contributed by atoms with Crippen LogP contribution in [0.15, 0.2) is 35.9 Å². The number of nitrogens with zero attached hydrogens (tertiary/aromatic N) is 2. The zero-order chi connectivity index (χ0) is 18.1. The minimum Gasteiger partial charge on any atom is -0.478 e. The van der Waals surface area contributed by atoms with Crippen molar-refractivity contribution in [1.29, 1.82) is 0 Å². The van der Waals surface area contributed by atoms with E-state index < -0.39 is 5.97 Å². The molecule has 2 aromatic rings. The molecule has 0 bridgehead atoms. The molecule has 4 heteroatoms. The molecule has 4 nitrogen and oxygen atoms in total. The summed E-state index contributed by atoms with van der Waals surface area (Å²) in [6, 6.07) is 6.32. The van der Waals surface area contributed by atoms with Crippen LogP contribution in [-0.4, -0.2) is 21.0 Å². The Morgan fingerprint density at radius 2 is 1.85 bits per heavy atom. The second-order valence-corrected chi connectivity index (χ2v) is 7.52. The quantitative estimate of drug-likeness (QED) is 0.595. The Labute approximate surface area is 153 Å². The first-order chi connectivity index (χ1) is 12.6. The van der Waals surface area contributed by atoms with E-state index in [-0.39, 0.29) is 0 Å². The average Bonchev–Trinajstić information content (AvgIpc) is 2.49. The fourth-order valence-corrected chi connectivity index (χ4v) is 3.73. The van der Waals surface area contributed by atoms with E-state index in [1.54, 1.807) is 6.92 Å². The molecule has 1 aromatic heterocycles. The molecule has 1 heterocycles. The Morgan fingerprint density at radius 1 is 1.12 bits per heavy atom. The van der Waals surface area contributed by atoms with Crippen LogP contribution in [-0.2, 0) is 4.79 Å². The van der Waals surface area contributed by atoms with Gasteiger partial charge in [-0.25, -0.2) is 14.8 Å². The molecular weight excluding hydrogens is 324 g/mol. The van der Waals surface area contributed by atoms with Gasteiger partial charge in [0.15, 0.2) is 0 Å². The largest absolute Gasteiger partial charge is 0.478 e. The third kappa shape index (κ3) is 3.28. The van der Waals surface area contributed by atoms with Crippen LogP contribution in [0.3, 0.4) is 0 Å². The number of carboxylic acids is 1. The number of hydrogen-bond acceptors (Lipinski definition) is 3. The lowest BCUT2D eigenvalue weighted by atomic mass is 9.79. The minimum atomic E-state index is -0.930. The molecular formula is C22H24N2O2. The number of aromatic nitrogens is 2. The van der Waals surface area contributed by atoms with Crippen molar-refractivity contribution < 1.29 is 9.90 Å². The van der Waals surface area contributed by atoms with Gasteiger partial charge < -0.3 is 5.11 Å². The zero-order valence-corrected chi connectivity index (χ0v) is 15.1. The summed E-state index contributed by atoms with van der Waals surface area (Å²) in [6.07, 6.45) is 12.3. The number of benzene rings is 1. The van der Waals surface area contributed by atoms with Crippen LogP contribution in [0, 0.1) is 0 Å². The van der Waals surface area contributed by atoms with Crippen LogP contribution in [0.4, 0.5) is 0 Å². The molecule has 134 valence electrons. The summed E-state index contributed by atoms with van der Waals surface area (Å²) < 4.78 is 0. The van der Waals surface area contributed by atoms with Crippen molar-refractivity contribution in [3.8, 4) is 0 Å². The van der Waals surface area contributed by atoms with E-state index in [0.717, 1.165) is 35.3 Å². The van der Waals surface area contributed by atoms with Crippen molar-refractivity contribution in [3.63, 3.8) is 0 Å². The Kier molecular flexibility index (Phi) is 4.58. The van der Waals surface area contributed by atoms with Gasteiger partial charge in [-0.1, -0.05) is 31.1 Å². The Hall–Kier alpha value is -2.49. The highest BCUT2D eigenvalue weighted by molar-refractivity contribution is 5.82. The molecule has 0 aliphatic heterocycles. The average molecular weight is 348 g/mol. The maximum atomic E-state index is 10.8. The minimum absolute atomic E-state index is 0.477. The topological polar surface area (TPSA) is 63.1 Å². The number of carbonyl (C=O) groups is 1. The van der Waals surface area contributed by atoms with E-state index >= 15 is 0 Å². The molecule has 0 spiro atoms. The summed E-state index contributed by atoms with van der Waals surface area (Å²) in [5, 5.41) is 8.89. The molecule has 1 N–H and O–H groups in total. The van der Waals surface area contributed by atoms with Crippen molar-refractivity contribution >= 4 is 23.1 Å². The van der Waals surface area contributed by atoms with Crippen LogP contribution in [0.25, 0.3) is 17.1 Å². The molecule has 2 aliphatic carbocycles. The molecule has 2 aliphatic rings. The maximum absolute atomic E-state index is 10.8. The number of aliphatic carboxylic acids is 1. The second kappa shape index (κ2) is 7.02. The number of hydrogen-bond donors (Lipinski definition) is 1. The smallest absolute Gasteiger partial charge is 0.328 e. The van der Waals surface area contributed by atoms with Gasteiger partial charge >= 0.3 is 5.97 Å². The Morgan fingerprint density at radius 3 is 2.46 bits per heavy atom. The Balaban J connectivity index is 1.78. The van der Waals surface area contributed by atoms with E-state index in [9.17, 15) is 4.79 Å². The van der Waals surface area contributed by atoms with E-state index in [2.05, 4.69) is 12.1 Å². The highest BCUT2D eigenvalue weighted by Crippen LogP contribution is 2.41. The fraction of sp³-hybridized carbons (Fsp3) is 0.409. The maximum Gasteiger partial charge on any atom is 0.328 e. The van der Waals surface area contributed by atoms with Crippen molar-refractivity contribution in [2.75, 3.05) is 0 Å². The lowest BCUT2D eigenvalue weighted by Crippen LogP contribution is -2.15. The highest BCUT2D eigenvalue weighted by Gasteiger charge is 2.27. The predicted octanol–water partition coefficient (Wildman–Crippen LogP) is 5.21. The summed E-state index contributed by atoms with van der Waals surface area (Å²) in [7, 11) is 0. The first-order valence-corrected chi connectivity index (χ1v) is 9.51. The summed E-state index contributed by atoms with van der Waals surface area (Å²) in [5.74, 6) is 0.176. The number of rotatable bonds is 5. The summed E-state index contributed by atoms with van der Waals surface area (Å²) in [5.41, 5.74) is 6.01. The summed E-state index contributed by atoms with van der Waals surface area (Å²) in [6.45, 7) is 1.79. The van der Waals surface area contributed by atoms with Crippen molar-refractivity contribution in [3.05, 3.63) is 52.9 Å². The molecule has 0 unspecified atom stereocenters. The molecule has 4 rings (SSSR count). The third-order valence-corrected chi connectivity index (χ3v) is 5.67. The SMILES string of the molecule is CC(/C=C/c1nc2cccc(C3CCC3)c2nc1C1CCC1)=C\C(=O)O. The van der Waals surface area contributed by atoms with E-state index in [1.165, 1.54) is 37.3 Å². The summed E-state index contributed by atoms with van der Waals surface area (Å²) in [4.78, 5) is 20.8. The molecule has 1 aromatic carbocycles. The normalized spacial score (nSPS) is 18.9. The molecule has 2 saturated carbocycles. The van der Waals surface area contributed by atoms with Gasteiger partial charge in [0.2, 0.25) is 0 Å². The molecule has 0 atom stereocenters. The van der Waals surface area contributed by atoms with Crippen LogP contribution in [0.1, 0.15) is 74.2 Å². The molecule has 26 heavy (non-hydrogen) atoms. The lowest BCUT2D eigenvalue weighted by molar-refractivity contribution is -0.131. The lowest BCUT2D eigenvalue weighted by Gasteiger charge is -2.29. The Bertz CT molecular complexity index is 906. The van der Waals surface area contributed by atoms with E-state index in [1.807, 2.05) is 18.2 Å². The molecule has 0 radical (unpaired) electrons. The van der Waals surface area contributed by atoms with Crippen LogP contribution < -0.4 is 0 Å². The number of carboxylic acid groups (broad SMARTS) is 1. The van der Waals surface area contributed by atoms with Crippen LogP contribution >= 0.6 is 0 Å². The first-order valence-electron chi connectivity index (χ1n) is 9.51. The van der Waals surface area contributed by atoms with Gasteiger partial charge in [-0.05, 0) is 61.8 Å². The van der Waals surface area contributed by atoms with E-state index in [0.29, 0.717) is 17.4 Å². The number of fused-ring (bicyclic) bond motifs is 1. The van der Waals surface area contributed by atoms with Gasteiger partial charge in [-0.15, -0.1) is 0 Å². The van der Waals surface area contributed by atoms with Crippen molar-refractivity contribution in [2.45, 2.75) is 57.3 Å². The standard InChI is InChI=1S/C22H24N2O2/c1-14(13-20(25)26)11-12-19-21(16-7-3-8-16)24-22-17(15-5-2-6-15)9-4-10-18(22)23-19/h4,9-13,15-16H,2-3,5-8H2,1H3,(H,25,26)/b12-11+,14-13+. The molecule has 2 fully saturated rings. The van der Waals surface area contributed by atoms with Gasteiger partial charge in [-0.2, -0.15) is 0 Å².